The zero-order chi connectivity index (χ0) is 18.7. The van der Waals surface area contributed by atoms with Crippen LogP contribution in [0, 0.1) is 10.5 Å². The van der Waals surface area contributed by atoms with E-state index >= 15 is 0 Å². The molecule has 1 heterocycles. The fraction of sp³-hybridized carbons (Fsp3) is 0.105. The Bertz CT molecular complexity index is 924. The van der Waals surface area contributed by atoms with Crippen LogP contribution in [-0.4, -0.2) is 29.3 Å². The lowest BCUT2D eigenvalue weighted by molar-refractivity contribution is -0.127. The molecule has 0 aliphatic carbocycles. The first kappa shape index (κ1) is 18.1. The number of carbonyl (C=O) groups excluding carboxylic acids is 3. The number of urea groups is 1. The molecule has 1 aliphatic heterocycles. The van der Waals surface area contributed by atoms with Gasteiger partial charge in [0.1, 0.15) is 12.2 Å². The van der Waals surface area contributed by atoms with E-state index in [0.717, 1.165) is 19.6 Å². The largest absolute Gasteiger partial charge is 0.329 e. The highest BCUT2D eigenvalue weighted by Gasteiger charge is 2.35. The SMILES string of the molecule is Cc1ccccc1NC(=O)CN1C(=O)N/C(=C\c2ccccc2I)C1=O. The number of nitrogens with zero attached hydrogens (tertiary/aromatic N) is 1. The van der Waals surface area contributed by atoms with Crippen LogP contribution in [0.15, 0.2) is 54.2 Å². The Morgan fingerprint density at radius 3 is 2.58 bits per heavy atom. The summed E-state index contributed by atoms with van der Waals surface area (Å²) in [4.78, 5) is 37.7. The van der Waals surface area contributed by atoms with Crippen molar-refractivity contribution in [3.05, 3.63) is 68.9 Å². The molecule has 2 aromatic rings. The van der Waals surface area contributed by atoms with Crippen LogP contribution < -0.4 is 10.6 Å². The maximum atomic E-state index is 12.5. The van der Waals surface area contributed by atoms with Crippen LogP contribution in [0.1, 0.15) is 11.1 Å². The minimum atomic E-state index is -0.605. The van der Waals surface area contributed by atoms with E-state index in [9.17, 15) is 14.4 Å². The lowest BCUT2D eigenvalue weighted by atomic mass is 10.2. The molecule has 2 aromatic carbocycles. The molecule has 3 rings (SSSR count). The number of nitrogens with one attached hydrogen (secondary N) is 2. The summed E-state index contributed by atoms with van der Waals surface area (Å²) in [5, 5.41) is 5.24. The number of hydrogen-bond donors (Lipinski definition) is 2. The van der Waals surface area contributed by atoms with Crippen molar-refractivity contribution in [1.82, 2.24) is 10.2 Å². The van der Waals surface area contributed by atoms with E-state index in [2.05, 4.69) is 33.2 Å². The molecule has 7 heteroatoms. The standard InChI is InChI=1S/C19H16IN3O3/c1-12-6-2-5-9-15(12)21-17(24)11-23-18(25)16(22-19(23)26)10-13-7-3-4-8-14(13)20/h2-10H,11H2,1H3,(H,21,24)(H,22,26)/b16-10-. The monoisotopic (exact) mass is 461 g/mol. The van der Waals surface area contributed by atoms with Crippen molar-refractivity contribution in [3.8, 4) is 0 Å². The predicted molar refractivity (Wildman–Crippen MR) is 107 cm³/mol. The molecule has 0 bridgehead atoms. The van der Waals surface area contributed by atoms with Crippen molar-refractivity contribution in [2.24, 2.45) is 0 Å². The van der Waals surface area contributed by atoms with Crippen molar-refractivity contribution in [2.45, 2.75) is 6.92 Å². The van der Waals surface area contributed by atoms with Gasteiger partial charge in [0.05, 0.1) is 0 Å². The van der Waals surface area contributed by atoms with Crippen molar-refractivity contribution >= 4 is 52.2 Å². The van der Waals surface area contributed by atoms with E-state index in [1.165, 1.54) is 0 Å². The van der Waals surface area contributed by atoms with Gasteiger partial charge in [0.15, 0.2) is 0 Å². The van der Waals surface area contributed by atoms with Gasteiger partial charge in [-0.1, -0.05) is 36.4 Å². The summed E-state index contributed by atoms with van der Waals surface area (Å²) in [6, 6.07) is 14.2. The van der Waals surface area contributed by atoms with E-state index < -0.39 is 17.8 Å². The molecule has 4 amide bonds. The van der Waals surface area contributed by atoms with E-state index in [1.807, 2.05) is 43.3 Å². The van der Waals surface area contributed by atoms with Crippen molar-refractivity contribution in [3.63, 3.8) is 0 Å². The average molecular weight is 461 g/mol. The second-order valence-corrected chi connectivity index (χ2v) is 6.93. The quantitative estimate of drug-likeness (QED) is 0.418. The lowest BCUT2D eigenvalue weighted by Crippen LogP contribution is -2.38. The van der Waals surface area contributed by atoms with Crippen molar-refractivity contribution < 1.29 is 14.4 Å². The van der Waals surface area contributed by atoms with Crippen LogP contribution in [0.25, 0.3) is 6.08 Å². The normalized spacial score (nSPS) is 15.3. The second-order valence-electron chi connectivity index (χ2n) is 5.76. The summed E-state index contributed by atoms with van der Waals surface area (Å²) in [6.45, 7) is 1.52. The second kappa shape index (κ2) is 7.69. The molecule has 1 saturated heterocycles. The highest BCUT2D eigenvalue weighted by molar-refractivity contribution is 14.1. The molecular formula is C19H16IN3O3. The topological polar surface area (TPSA) is 78.5 Å². The third kappa shape index (κ3) is 3.93. The highest BCUT2D eigenvalue weighted by Crippen LogP contribution is 2.19. The molecule has 26 heavy (non-hydrogen) atoms. The van der Waals surface area contributed by atoms with Gasteiger partial charge in [0.25, 0.3) is 5.91 Å². The molecule has 0 spiro atoms. The van der Waals surface area contributed by atoms with Crippen molar-refractivity contribution in [2.75, 3.05) is 11.9 Å². The number of rotatable bonds is 4. The number of para-hydroxylation sites is 1. The first-order valence-corrected chi connectivity index (χ1v) is 8.98. The fourth-order valence-corrected chi connectivity index (χ4v) is 3.05. The Labute approximate surface area is 164 Å². The summed E-state index contributed by atoms with van der Waals surface area (Å²) in [5.41, 5.74) is 2.53. The van der Waals surface area contributed by atoms with Crippen LogP contribution in [0.3, 0.4) is 0 Å². The Morgan fingerprint density at radius 1 is 1.15 bits per heavy atom. The van der Waals surface area contributed by atoms with Gasteiger partial charge >= 0.3 is 6.03 Å². The Kier molecular flexibility index (Phi) is 5.36. The van der Waals surface area contributed by atoms with Gasteiger partial charge in [0.2, 0.25) is 5.91 Å². The van der Waals surface area contributed by atoms with Gasteiger partial charge in [-0.05, 0) is 58.9 Å². The van der Waals surface area contributed by atoms with E-state index in [0.29, 0.717) is 5.69 Å². The van der Waals surface area contributed by atoms with Gasteiger partial charge in [-0.3, -0.25) is 9.59 Å². The highest BCUT2D eigenvalue weighted by atomic mass is 127. The zero-order valence-corrected chi connectivity index (χ0v) is 16.1. The minimum absolute atomic E-state index is 0.155. The molecule has 0 radical (unpaired) electrons. The zero-order valence-electron chi connectivity index (χ0n) is 14.0. The van der Waals surface area contributed by atoms with Gasteiger partial charge in [-0.25, -0.2) is 9.69 Å². The fourth-order valence-electron chi connectivity index (χ4n) is 2.51. The van der Waals surface area contributed by atoms with Gasteiger partial charge < -0.3 is 10.6 Å². The molecule has 0 aromatic heterocycles. The number of anilines is 1. The van der Waals surface area contributed by atoms with Crippen LogP contribution in [0.5, 0.6) is 0 Å². The van der Waals surface area contributed by atoms with Gasteiger partial charge in [-0.2, -0.15) is 0 Å². The molecular weight excluding hydrogens is 445 g/mol. The van der Waals surface area contributed by atoms with Crippen LogP contribution in [0.2, 0.25) is 0 Å². The van der Waals surface area contributed by atoms with Crippen molar-refractivity contribution in [1.29, 1.82) is 0 Å². The summed E-state index contributed by atoms with van der Waals surface area (Å²) in [5.74, 6) is -0.951. The van der Waals surface area contributed by atoms with Gasteiger partial charge in [-0.15, -0.1) is 0 Å². The van der Waals surface area contributed by atoms with Crippen LogP contribution >= 0.6 is 22.6 Å². The van der Waals surface area contributed by atoms with Crippen LogP contribution in [0.4, 0.5) is 10.5 Å². The van der Waals surface area contributed by atoms with E-state index in [-0.39, 0.29) is 12.2 Å². The predicted octanol–water partition coefficient (Wildman–Crippen LogP) is 3.13. The molecule has 6 nitrogen and oxygen atoms in total. The number of halogens is 1. The molecule has 1 aliphatic rings. The number of imide groups is 1. The summed E-state index contributed by atoms with van der Waals surface area (Å²) in [6.07, 6.45) is 1.61. The molecule has 0 atom stereocenters. The summed E-state index contributed by atoms with van der Waals surface area (Å²) >= 11 is 2.15. The molecule has 0 saturated carbocycles. The first-order chi connectivity index (χ1) is 12.5. The number of amides is 4. The summed E-state index contributed by atoms with van der Waals surface area (Å²) < 4.78 is 0.954. The third-order valence-corrected chi connectivity index (χ3v) is 4.87. The third-order valence-electron chi connectivity index (χ3n) is 3.89. The lowest BCUT2D eigenvalue weighted by Gasteiger charge is -2.13. The van der Waals surface area contributed by atoms with Gasteiger partial charge in [0, 0.05) is 9.26 Å². The molecule has 132 valence electrons. The van der Waals surface area contributed by atoms with E-state index in [4.69, 9.17) is 0 Å². The average Bonchev–Trinajstić information content (AvgIpc) is 2.86. The van der Waals surface area contributed by atoms with E-state index in [1.54, 1.807) is 18.2 Å². The molecule has 1 fully saturated rings. The minimum Gasteiger partial charge on any atom is -0.324 e. The smallest absolute Gasteiger partial charge is 0.324 e. The van der Waals surface area contributed by atoms with Crippen LogP contribution in [-0.2, 0) is 9.59 Å². The number of benzene rings is 2. The Balaban J connectivity index is 1.72. The number of hydrogen-bond acceptors (Lipinski definition) is 3. The number of aryl methyl sites for hydroxylation is 1. The number of carbonyl (C=O) groups is 3. The first-order valence-electron chi connectivity index (χ1n) is 7.90. The summed E-state index contributed by atoms with van der Waals surface area (Å²) in [7, 11) is 0. The maximum absolute atomic E-state index is 12.5. The maximum Gasteiger partial charge on any atom is 0.329 e. The molecule has 2 N–H and O–H groups in total. The molecule has 0 unspecified atom stereocenters. The Hall–Kier alpha value is -2.68. The Morgan fingerprint density at radius 2 is 1.85 bits per heavy atom.